The van der Waals surface area contributed by atoms with Gasteiger partial charge in [-0.3, -0.25) is 0 Å². The molecule has 0 bridgehead atoms. The van der Waals surface area contributed by atoms with E-state index in [0.29, 0.717) is 5.92 Å². The van der Waals surface area contributed by atoms with E-state index < -0.39 is 5.60 Å². The number of benzene rings is 1. The van der Waals surface area contributed by atoms with Gasteiger partial charge in [0.2, 0.25) is 0 Å². The zero-order chi connectivity index (χ0) is 15.5. The van der Waals surface area contributed by atoms with Crippen molar-refractivity contribution in [2.75, 3.05) is 6.54 Å². The Morgan fingerprint density at radius 3 is 2.62 bits per heavy atom. The molecule has 0 saturated heterocycles. The molecular weight excluding hydrogens is 260 g/mol. The summed E-state index contributed by atoms with van der Waals surface area (Å²) in [6.07, 6.45) is 2.98. The number of aromatic nitrogens is 1. The van der Waals surface area contributed by atoms with E-state index >= 15 is 0 Å². The molecule has 1 aromatic carbocycles. The molecule has 2 N–H and O–H groups in total. The summed E-state index contributed by atoms with van der Waals surface area (Å²) in [5.74, 6) is 0.661. The molecule has 3 heteroatoms. The maximum Gasteiger partial charge on any atom is 0.0608 e. The van der Waals surface area contributed by atoms with E-state index in [1.165, 1.54) is 16.5 Å². The number of para-hydroxylation sites is 1. The highest BCUT2D eigenvalue weighted by molar-refractivity contribution is 5.83. The first-order chi connectivity index (χ1) is 9.87. The number of rotatable bonds is 7. The summed E-state index contributed by atoms with van der Waals surface area (Å²) in [7, 11) is 0. The lowest BCUT2D eigenvalue weighted by molar-refractivity contribution is 0.0666. The fourth-order valence-electron chi connectivity index (χ4n) is 2.54. The molecule has 116 valence electrons. The van der Waals surface area contributed by atoms with Crippen molar-refractivity contribution in [3.8, 4) is 0 Å². The zero-order valence-electron chi connectivity index (χ0n) is 13.7. The summed E-state index contributed by atoms with van der Waals surface area (Å²) in [5, 5.41) is 14.8. The third-order valence-electron chi connectivity index (χ3n) is 3.70. The molecule has 0 spiro atoms. The van der Waals surface area contributed by atoms with E-state index in [4.69, 9.17) is 0 Å². The van der Waals surface area contributed by atoms with Crippen LogP contribution in [0.15, 0.2) is 30.5 Å². The summed E-state index contributed by atoms with van der Waals surface area (Å²) < 4.78 is 2.26. The van der Waals surface area contributed by atoms with Gasteiger partial charge in [-0.05, 0) is 44.4 Å². The molecule has 2 rings (SSSR count). The average molecular weight is 288 g/mol. The molecule has 1 aromatic heterocycles. The van der Waals surface area contributed by atoms with Gasteiger partial charge in [-0.25, -0.2) is 0 Å². The maximum absolute atomic E-state index is 9.93. The molecule has 0 aliphatic heterocycles. The lowest BCUT2D eigenvalue weighted by atomic mass is 10.1. The van der Waals surface area contributed by atoms with Crippen LogP contribution in [0.3, 0.4) is 0 Å². The van der Waals surface area contributed by atoms with Crippen LogP contribution >= 0.6 is 0 Å². The van der Waals surface area contributed by atoms with Gasteiger partial charge < -0.3 is 15.0 Å². The third-order valence-corrected chi connectivity index (χ3v) is 3.70. The first-order valence-corrected chi connectivity index (χ1v) is 7.86. The minimum Gasteiger partial charge on any atom is -0.390 e. The Balaban J connectivity index is 2.18. The standard InChI is InChI=1S/C18H28N2O/c1-14(2)11-19-12-15-13-20(10-9-18(3,4)21)17-8-6-5-7-16(15)17/h5-8,13-14,19,21H,9-12H2,1-4H3. The molecule has 0 atom stereocenters. The predicted molar refractivity (Wildman–Crippen MR) is 89.4 cm³/mol. The highest BCUT2D eigenvalue weighted by atomic mass is 16.3. The van der Waals surface area contributed by atoms with Crippen molar-refractivity contribution in [3.63, 3.8) is 0 Å². The first-order valence-electron chi connectivity index (χ1n) is 7.86. The van der Waals surface area contributed by atoms with Crippen molar-refractivity contribution in [1.82, 2.24) is 9.88 Å². The zero-order valence-corrected chi connectivity index (χ0v) is 13.7. The first kappa shape index (κ1) is 16.1. The largest absolute Gasteiger partial charge is 0.390 e. The average Bonchev–Trinajstić information content (AvgIpc) is 2.74. The van der Waals surface area contributed by atoms with Crippen LogP contribution in [0.25, 0.3) is 10.9 Å². The summed E-state index contributed by atoms with van der Waals surface area (Å²) in [6.45, 7) is 10.9. The lowest BCUT2D eigenvalue weighted by Crippen LogP contribution is -2.21. The molecule has 0 unspecified atom stereocenters. The Morgan fingerprint density at radius 1 is 1.24 bits per heavy atom. The number of aliphatic hydroxyl groups is 1. The Bertz CT molecular complexity index is 578. The van der Waals surface area contributed by atoms with E-state index in [2.05, 4.69) is 54.2 Å². The van der Waals surface area contributed by atoms with Gasteiger partial charge in [-0.1, -0.05) is 32.0 Å². The Labute approximate surface area is 128 Å². The van der Waals surface area contributed by atoms with Gasteiger partial charge in [0.05, 0.1) is 5.60 Å². The van der Waals surface area contributed by atoms with Crippen molar-refractivity contribution in [2.24, 2.45) is 5.92 Å². The van der Waals surface area contributed by atoms with Gasteiger partial charge in [0.1, 0.15) is 0 Å². The van der Waals surface area contributed by atoms with Crippen LogP contribution in [0.5, 0.6) is 0 Å². The van der Waals surface area contributed by atoms with Crippen LogP contribution in [0.2, 0.25) is 0 Å². The van der Waals surface area contributed by atoms with E-state index in [1.807, 2.05) is 13.8 Å². The second-order valence-corrected chi connectivity index (χ2v) is 6.95. The van der Waals surface area contributed by atoms with E-state index in [0.717, 1.165) is 26.1 Å². The SMILES string of the molecule is CC(C)CNCc1cn(CCC(C)(C)O)c2ccccc12. The lowest BCUT2D eigenvalue weighted by Gasteiger charge is -2.17. The number of nitrogens with one attached hydrogen (secondary N) is 1. The maximum atomic E-state index is 9.93. The fourth-order valence-corrected chi connectivity index (χ4v) is 2.54. The number of nitrogens with zero attached hydrogens (tertiary/aromatic N) is 1. The van der Waals surface area contributed by atoms with Crippen molar-refractivity contribution < 1.29 is 5.11 Å². The molecule has 0 fully saturated rings. The summed E-state index contributed by atoms with van der Waals surface area (Å²) in [4.78, 5) is 0. The molecular formula is C18H28N2O. The second-order valence-electron chi connectivity index (χ2n) is 6.95. The van der Waals surface area contributed by atoms with Crippen LogP contribution in [-0.2, 0) is 13.1 Å². The van der Waals surface area contributed by atoms with E-state index in [-0.39, 0.29) is 0 Å². The van der Waals surface area contributed by atoms with Crippen molar-refractivity contribution in [1.29, 1.82) is 0 Å². The highest BCUT2D eigenvalue weighted by Crippen LogP contribution is 2.22. The van der Waals surface area contributed by atoms with Gasteiger partial charge >= 0.3 is 0 Å². The Kier molecular flexibility index (Phi) is 5.07. The van der Waals surface area contributed by atoms with Gasteiger partial charge in [0, 0.05) is 30.2 Å². The summed E-state index contributed by atoms with van der Waals surface area (Å²) in [5.41, 5.74) is 1.96. The quantitative estimate of drug-likeness (QED) is 0.817. The number of aryl methyl sites for hydroxylation is 1. The van der Waals surface area contributed by atoms with Crippen LogP contribution < -0.4 is 5.32 Å². The van der Waals surface area contributed by atoms with Crippen LogP contribution in [0, 0.1) is 5.92 Å². The van der Waals surface area contributed by atoms with E-state index in [1.54, 1.807) is 0 Å². The van der Waals surface area contributed by atoms with Gasteiger partial charge in [0.15, 0.2) is 0 Å². The smallest absolute Gasteiger partial charge is 0.0608 e. The summed E-state index contributed by atoms with van der Waals surface area (Å²) >= 11 is 0. The van der Waals surface area contributed by atoms with Gasteiger partial charge in [-0.2, -0.15) is 0 Å². The van der Waals surface area contributed by atoms with E-state index in [9.17, 15) is 5.11 Å². The van der Waals surface area contributed by atoms with Crippen molar-refractivity contribution in [3.05, 3.63) is 36.0 Å². The van der Waals surface area contributed by atoms with Crippen molar-refractivity contribution in [2.45, 2.75) is 52.8 Å². The topological polar surface area (TPSA) is 37.2 Å². The minimum atomic E-state index is -0.624. The highest BCUT2D eigenvalue weighted by Gasteiger charge is 2.14. The molecule has 0 amide bonds. The minimum absolute atomic E-state index is 0.624. The van der Waals surface area contributed by atoms with Gasteiger partial charge in [-0.15, -0.1) is 0 Å². The van der Waals surface area contributed by atoms with Crippen LogP contribution in [0.4, 0.5) is 0 Å². The molecule has 0 aliphatic rings. The number of hydrogen-bond acceptors (Lipinski definition) is 2. The van der Waals surface area contributed by atoms with Crippen molar-refractivity contribution >= 4 is 10.9 Å². The molecule has 0 aliphatic carbocycles. The third kappa shape index (κ3) is 4.58. The molecule has 21 heavy (non-hydrogen) atoms. The normalized spacial score (nSPS) is 12.5. The molecule has 2 aromatic rings. The van der Waals surface area contributed by atoms with Gasteiger partial charge in [0.25, 0.3) is 0 Å². The fraction of sp³-hybridized carbons (Fsp3) is 0.556. The summed E-state index contributed by atoms with van der Waals surface area (Å²) in [6, 6.07) is 8.51. The Morgan fingerprint density at radius 2 is 1.95 bits per heavy atom. The molecule has 0 saturated carbocycles. The number of fused-ring (bicyclic) bond motifs is 1. The molecule has 0 radical (unpaired) electrons. The molecule has 1 heterocycles. The predicted octanol–water partition coefficient (Wildman–Crippen LogP) is 3.55. The monoisotopic (exact) mass is 288 g/mol. The number of hydrogen-bond donors (Lipinski definition) is 2. The Hall–Kier alpha value is -1.32. The van der Waals surface area contributed by atoms with Crippen LogP contribution in [-0.4, -0.2) is 21.8 Å². The molecule has 3 nitrogen and oxygen atoms in total. The second kappa shape index (κ2) is 6.63. The van der Waals surface area contributed by atoms with Crippen LogP contribution in [0.1, 0.15) is 39.7 Å².